The van der Waals surface area contributed by atoms with Gasteiger partial charge in [0.25, 0.3) is 0 Å². The maximum Gasteiger partial charge on any atom is 0.223 e. The molecule has 0 bridgehead atoms. The first-order chi connectivity index (χ1) is 12.1. The number of amides is 1. The molecule has 2 N–H and O–H groups in total. The fraction of sp³-hybridized carbons (Fsp3) is 0.619. The molecule has 25 heavy (non-hydrogen) atoms. The number of nitrogens with zero attached hydrogens (tertiary/aromatic N) is 1. The van der Waals surface area contributed by atoms with Crippen molar-refractivity contribution in [1.29, 1.82) is 0 Å². The molecule has 1 aromatic carbocycles. The van der Waals surface area contributed by atoms with E-state index in [1.54, 1.807) is 0 Å². The summed E-state index contributed by atoms with van der Waals surface area (Å²) in [6, 6.07) is 6.35. The minimum atomic E-state index is 0.0952. The van der Waals surface area contributed by atoms with Crippen molar-refractivity contribution in [3.8, 4) is 0 Å². The summed E-state index contributed by atoms with van der Waals surface area (Å²) in [5.41, 5.74) is 9.63. The first-order valence-electron chi connectivity index (χ1n) is 9.80. The molecule has 1 amide bonds. The lowest BCUT2D eigenvalue weighted by Crippen LogP contribution is -2.33. The summed E-state index contributed by atoms with van der Waals surface area (Å²) in [4.78, 5) is 26.9. The van der Waals surface area contributed by atoms with Crippen LogP contribution in [0.4, 0.5) is 0 Å². The zero-order valence-electron chi connectivity index (χ0n) is 14.9. The number of hydrogen-bond acceptors (Lipinski definition) is 3. The van der Waals surface area contributed by atoms with Crippen molar-refractivity contribution < 1.29 is 9.59 Å². The molecule has 0 spiro atoms. The molecular weight excluding hydrogens is 312 g/mol. The standard InChI is InChI=1S/C21H28N2O2/c22-19-8-7-17-12-23(13-18(17)19)21(25)10-9-20(24)16-6-5-14-3-1-2-4-15(14)11-16/h5-6,11,17-19H,1-4,7-10,12-13,22H2. The van der Waals surface area contributed by atoms with Crippen LogP contribution < -0.4 is 5.73 Å². The molecule has 1 saturated heterocycles. The van der Waals surface area contributed by atoms with Gasteiger partial charge in [0.15, 0.2) is 5.78 Å². The number of benzene rings is 1. The highest BCUT2D eigenvalue weighted by atomic mass is 16.2. The van der Waals surface area contributed by atoms with Gasteiger partial charge < -0.3 is 10.6 Å². The molecule has 1 aromatic rings. The highest BCUT2D eigenvalue weighted by Gasteiger charge is 2.42. The van der Waals surface area contributed by atoms with E-state index in [0.717, 1.165) is 44.3 Å². The molecule has 1 saturated carbocycles. The van der Waals surface area contributed by atoms with Crippen molar-refractivity contribution in [2.24, 2.45) is 17.6 Å². The van der Waals surface area contributed by atoms with Crippen molar-refractivity contribution in [2.45, 2.75) is 57.4 Å². The van der Waals surface area contributed by atoms with Crippen LogP contribution in [0.3, 0.4) is 0 Å². The lowest BCUT2D eigenvalue weighted by molar-refractivity contribution is -0.130. The van der Waals surface area contributed by atoms with Gasteiger partial charge in [0.2, 0.25) is 5.91 Å². The van der Waals surface area contributed by atoms with Gasteiger partial charge in [0.1, 0.15) is 0 Å². The number of likely N-dealkylation sites (tertiary alicyclic amines) is 1. The Balaban J connectivity index is 1.32. The number of ketones is 1. The second-order valence-corrected chi connectivity index (χ2v) is 8.08. The van der Waals surface area contributed by atoms with Gasteiger partial charge in [-0.3, -0.25) is 9.59 Å². The number of carbonyl (C=O) groups is 2. The van der Waals surface area contributed by atoms with Crippen LogP contribution in [0, 0.1) is 11.8 Å². The minimum absolute atomic E-state index is 0.0952. The fourth-order valence-electron chi connectivity index (χ4n) is 4.94. The fourth-order valence-corrected chi connectivity index (χ4v) is 4.94. The molecule has 1 heterocycles. The van der Waals surface area contributed by atoms with Gasteiger partial charge in [-0.05, 0) is 67.6 Å². The van der Waals surface area contributed by atoms with Gasteiger partial charge in [-0.15, -0.1) is 0 Å². The van der Waals surface area contributed by atoms with E-state index >= 15 is 0 Å². The Morgan fingerprint density at radius 2 is 1.84 bits per heavy atom. The van der Waals surface area contributed by atoms with E-state index in [9.17, 15) is 9.59 Å². The van der Waals surface area contributed by atoms with E-state index in [2.05, 4.69) is 12.1 Å². The smallest absolute Gasteiger partial charge is 0.223 e. The Kier molecular flexibility index (Phi) is 4.63. The largest absolute Gasteiger partial charge is 0.342 e. The van der Waals surface area contributed by atoms with Crippen LogP contribution in [0.15, 0.2) is 18.2 Å². The van der Waals surface area contributed by atoms with Gasteiger partial charge in [0.05, 0.1) is 0 Å². The topological polar surface area (TPSA) is 63.4 Å². The van der Waals surface area contributed by atoms with Crippen molar-refractivity contribution in [3.63, 3.8) is 0 Å². The van der Waals surface area contributed by atoms with Crippen LogP contribution in [0.2, 0.25) is 0 Å². The predicted molar refractivity (Wildman–Crippen MR) is 97.4 cm³/mol. The van der Waals surface area contributed by atoms with Gasteiger partial charge in [0, 0.05) is 37.5 Å². The van der Waals surface area contributed by atoms with Gasteiger partial charge in [-0.25, -0.2) is 0 Å². The molecule has 2 aliphatic carbocycles. The molecule has 0 aromatic heterocycles. The normalized spacial score (nSPS) is 27.9. The van der Waals surface area contributed by atoms with E-state index in [-0.39, 0.29) is 17.7 Å². The summed E-state index contributed by atoms with van der Waals surface area (Å²) in [7, 11) is 0. The van der Waals surface area contributed by atoms with Crippen molar-refractivity contribution in [1.82, 2.24) is 4.90 Å². The Hall–Kier alpha value is -1.68. The molecule has 3 atom stereocenters. The molecular formula is C21H28N2O2. The van der Waals surface area contributed by atoms with E-state index in [0.29, 0.717) is 24.7 Å². The highest BCUT2D eigenvalue weighted by molar-refractivity contribution is 5.98. The average Bonchev–Trinajstić information content (AvgIpc) is 3.21. The van der Waals surface area contributed by atoms with Crippen molar-refractivity contribution in [3.05, 3.63) is 34.9 Å². The molecule has 3 aliphatic rings. The first-order valence-corrected chi connectivity index (χ1v) is 9.80. The van der Waals surface area contributed by atoms with Gasteiger partial charge in [-0.1, -0.05) is 12.1 Å². The number of rotatable bonds is 4. The number of aryl methyl sites for hydroxylation is 2. The SMILES string of the molecule is NC1CCC2CN(C(=O)CCC(=O)c3ccc4c(c3)CCCC4)CC12. The van der Waals surface area contributed by atoms with E-state index in [1.165, 1.54) is 24.0 Å². The van der Waals surface area contributed by atoms with Crippen molar-refractivity contribution in [2.75, 3.05) is 13.1 Å². The molecule has 0 radical (unpaired) electrons. The third-order valence-electron chi connectivity index (χ3n) is 6.50. The molecule has 2 fully saturated rings. The Bertz CT molecular complexity index is 684. The number of Topliss-reactive ketones (excluding diaryl/α,β-unsaturated/α-hetero) is 1. The first kappa shape index (κ1) is 16.8. The number of nitrogens with two attached hydrogens (primary N) is 1. The summed E-state index contributed by atoms with van der Waals surface area (Å²) in [6.07, 6.45) is 7.53. The van der Waals surface area contributed by atoms with Crippen LogP contribution in [0.1, 0.15) is 60.0 Å². The summed E-state index contributed by atoms with van der Waals surface area (Å²) in [6.45, 7) is 1.63. The average molecular weight is 340 g/mol. The van der Waals surface area contributed by atoms with Crippen LogP contribution in [0.5, 0.6) is 0 Å². The zero-order valence-corrected chi connectivity index (χ0v) is 14.9. The van der Waals surface area contributed by atoms with Crippen LogP contribution in [-0.4, -0.2) is 35.7 Å². The summed E-state index contributed by atoms with van der Waals surface area (Å²) >= 11 is 0. The maximum atomic E-state index is 12.5. The predicted octanol–water partition coefficient (Wildman–Crippen LogP) is 2.72. The monoisotopic (exact) mass is 340 g/mol. The zero-order chi connectivity index (χ0) is 17.4. The molecule has 134 valence electrons. The second kappa shape index (κ2) is 6.91. The summed E-state index contributed by atoms with van der Waals surface area (Å²) in [5, 5.41) is 0. The van der Waals surface area contributed by atoms with Gasteiger partial charge in [-0.2, -0.15) is 0 Å². The lowest BCUT2D eigenvalue weighted by atomic mass is 9.89. The third kappa shape index (κ3) is 3.37. The maximum absolute atomic E-state index is 12.5. The molecule has 1 aliphatic heterocycles. The van der Waals surface area contributed by atoms with Crippen LogP contribution in [-0.2, 0) is 17.6 Å². The quantitative estimate of drug-likeness (QED) is 0.857. The van der Waals surface area contributed by atoms with E-state index in [4.69, 9.17) is 5.73 Å². The number of hydrogen-bond donors (Lipinski definition) is 1. The van der Waals surface area contributed by atoms with E-state index < -0.39 is 0 Å². The summed E-state index contributed by atoms with van der Waals surface area (Å²) in [5.74, 6) is 1.27. The lowest BCUT2D eigenvalue weighted by Gasteiger charge is -2.19. The van der Waals surface area contributed by atoms with Crippen molar-refractivity contribution >= 4 is 11.7 Å². The molecule has 4 rings (SSSR count). The Labute approximate surface area is 149 Å². The Morgan fingerprint density at radius 3 is 2.64 bits per heavy atom. The molecule has 4 heteroatoms. The molecule has 3 unspecified atom stereocenters. The molecule has 4 nitrogen and oxygen atoms in total. The van der Waals surface area contributed by atoms with Gasteiger partial charge >= 0.3 is 0 Å². The second-order valence-electron chi connectivity index (χ2n) is 8.08. The van der Waals surface area contributed by atoms with E-state index in [1.807, 2.05) is 11.0 Å². The minimum Gasteiger partial charge on any atom is -0.342 e. The van der Waals surface area contributed by atoms with Crippen LogP contribution >= 0.6 is 0 Å². The highest BCUT2D eigenvalue weighted by Crippen LogP contribution is 2.37. The third-order valence-corrected chi connectivity index (χ3v) is 6.50. The van der Waals surface area contributed by atoms with Crippen LogP contribution in [0.25, 0.3) is 0 Å². The number of fused-ring (bicyclic) bond motifs is 2. The summed E-state index contributed by atoms with van der Waals surface area (Å²) < 4.78 is 0. The Morgan fingerprint density at radius 1 is 1.04 bits per heavy atom. The number of carbonyl (C=O) groups excluding carboxylic acids is 2.